The molecule has 0 bridgehead atoms. The van der Waals surface area contributed by atoms with Gasteiger partial charge in [-0.05, 0) is 35.4 Å². The van der Waals surface area contributed by atoms with Gasteiger partial charge in [-0.15, -0.1) is 10.2 Å². The van der Waals surface area contributed by atoms with Gasteiger partial charge in [0.1, 0.15) is 0 Å². The second-order valence-corrected chi connectivity index (χ2v) is 7.41. The third-order valence-electron chi connectivity index (χ3n) is 5.12. The van der Waals surface area contributed by atoms with E-state index in [1.54, 1.807) is 61.0 Å². The second-order valence-electron chi connectivity index (χ2n) is 7.41. The third-order valence-corrected chi connectivity index (χ3v) is 5.12. The minimum atomic E-state index is -0.395. The van der Waals surface area contributed by atoms with Crippen LogP contribution in [0.1, 0.15) is 31.8 Å². The average Bonchev–Trinajstić information content (AvgIpc) is 2.93. The lowest BCUT2D eigenvalue weighted by Gasteiger charge is -2.08. The summed E-state index contributed by atoms with van der Waals surface area (Å²) in [6.07, 6.45) is 3.22. The zero-order valence-electron chi connectivity index (χ0n) is 19.5. The van der Waals surface area contributed by atoms with Crippen molar-refractivity contribution in [2.24, 2.45) is 10.2 Å². The van der Waals surface area contributed by atoms with E-state index in [4.69, 9.17) is 9.47 Å². The molecule has 180 valence electrons. The summed E-state index contributed by atoms with van der Waals surface area (Å²) in [5.74, 6) is 0.155. The van der Waals surface area contributed by atoms with E-state index in [0.29, 0.717) is 22.8 Å². The molecule has 0 unspecified atom stereocenters. The van der Waals surface area contributed by atoms with Gasteiger partial charge in [-0.2, -0.15) is 10.2 Å². The molecule has 4 aromatic rings. The maximum absolute atomic E-state index is 11.5. The van der Waals surface area contributed by atoms with Gasteiger partial charge < -0.3 is 9.47 Å². The molecule has 0 aliphatic heterocycles. The molecule has 4 rings (SSSR count). The van der Waals surface area contributed by atoms with Crippen LogP contribution in [0.5, 0.6) is 0 Å². The summed E-state index contributed by atoms with van der Waals surface area (Å²) in [4.78, 5) is 23.1. The molecule has 0 radical (unpaired) electrons. The number of hydrazone groups is 2. The number of esters is 2. The molecule has 36 heavy (non-hydrogen) atoms. The lowest BCUT2D eigenvalue weighted by molar-refractivity contribution is 0.0592. The molecule has 0 saturated heterocycles. The first-order valence-electron chi connectivity index (χ1n) is 10.8. The Bertz CT molecular complexity index is 1320. The van der Waals surface area contributed by atoms with Gasteiger partial charge in [0.25, 0.3) is 0 Å². The van der Waals surface area contributed by atoms with Crippen LogP contribution in [-0.4, -0.2) is 48.8 Å². The van der Waals surface area contributed by atoms with Crippen LogP contribution in [0.15, 0.2) is 83.0 Å². The zero-order valence-corrected chi connectivity index (χ0v) is 19.5. The Morgan fingerprint density at radius 1 is 0.667 bits per heavy atom. The first-order chi connectivity index (χ1) is 17.6. The Morgan fingerprint density at radius 2 is 1.06 bits per heavy atom. The number of ether oxygens (including phenoxy) is 2. The molecule has 10 nitrogen and oxygen atoms in total. The predicted octanol–water partition coefficient (Wildman–Crippen LogP) is 4.10. The highest BCUT2D eigenvalue weighted by atomic mass is 16.5. The molecule has 0 fully saturated rings. The summed E-state index contributed by atoms with van der Waals surface area (Å²) in [5.41, 5.74) is 8.33. The first kappa shape index (κ1) is 24.0. The number of rotatable bonds is 8. The van der Waals surface area contributed by atoms with Crippen LogP contribution in [-0.2, 0) is 9.47 Å². The number of hydrogen-bond donors (Lipinski definition) is 2. The number of carbonyl (C=O) groups excluding carboxylic acids is 2. The molecule has 1 heterocycles. The van der Waals surface area contributed by atoms with E-state index < -0.39 is 11.9 Å². The van der Waals surface area contributed by atoms with Gasteiger partial charge in [-0.3, -0.25) is 10.9 Å². The van der Waals surface area contributed by atoms with Gasteiger partial charge in [-0.1, -0.05) is 48.5 Å². The first-order valence-corrected chi connectivity index (χ1v) is 10.8. The number of fused-ring (bicyclic) bond motifs is 1. The maximum Gasteiger partial charge on any atom is 0.337 e. The lowest BCUT2D eigenvalue weighted by Crippen LogP contribution is -2.02. The maximum atomic E-state index is 11.5. The minimum Gasteiger partial charge on any atom is -0.465 e. The number of hydrogen-bond acceptors (Lipinski definition) is 10. The van der Waals surface area contributed by atoms with Crippen LogP contribution in [0.3, 0.4) is 0 Å². The van der Waals surface area contributed by atoms with Crippen LogP contribution >= 0.6 is 0 Å². The van der Waals surface area contributed by atoms with Crippen molar-refractivity contribution in [1.29, 1.82) is 0 Å². The molecular formula is C26H22N6O4. The topological polar surface area (TPSA) is 127 Å². The lowest BCUT2D eigenvalue weighted by atomic mass is 10.1. The van der Waals surface area contributed by atoms with Crippen LogP contribution in [0, 0.1) is 0 Å². The zero-order chi connectivity index (χ0) is 25.3. The van der Waals surface area contributed by atoms with Crippen LogP contribution in [0.4, 0.5) is 11.6 Å². The summed E-state index contributed by atoms with van der Waals surface area (Å²) in [6.45, 7) is 0. The molecule has 1 aromatic heterocycles. The summed E-state index contributed by atoms with van der Waals surface area (Å²) >= 11 is 0. The highest BCUT2D eigenvalue weighted by molar-refractivity contribution is 5.99. The normalized spacial score (nSPS) is 11.1. The van der Waals surface area contributed by atoms with Gasteiger partial charge in [0, 0.05) is 10.8 Å². The van der Waals surface area contributed by atoms with Crippen molar-refractivity contribution in [1.82, 2.24) is 10.2 Å². The highest BCUT2D eigenvalue weighted by Gasteiger charge is 2.08. The fourth-order valence-electron chi connectivity index (χ4n) is 3.25. The third kappa shape index (κ3) is 5.68. The van der Waals surface area contributed by atoms with Crippen LogP contribution < -0.4 is 10.9 Å². The quantitative estimate of drug-likeness (QED) is 0.218. The number of methoxy groups -OCH3 is 2. The van der Waals surface area contributed by atoms with Gasteiger partial charge in [0.15, 0.2) is 11.6 Å². The van der Waals surface area contributed by atoms with Crippen molar-refractivity contribution >= 4 is 46.8 Å². The molecule has 10 heteroatoms. The SMILES string of the molecule is COC(=O)c1ccc(/C=N\Nc2nnc(N/N=C\c3ccc(C(=O)OC)cc3)c3ccccc23)cc1. The van der Waals surface area contributed by atoms with E-state index in [-0.39, 0.29) is 0 Å². The second kappa shape index (κ2) is 11.3. The van der Waals surface area contributed by atoms with E-state index in [0.717, 1.165) is 21.9 Å². The number of anilines is 2. The molecule has 0 aliphatic rings. The minimum absolute atomic E-state index is 0.395. The van der Waals surface area contributed by atoms with E-state index >= 15 is 0 Å². The Hall–Kier alpha value is -5.12. The molecular weight excluding hydrogens is 460 g/mol. The fraction of sp³-hybridized carbons (Fsp3) is 0.0769. The van der Waals surface area contributed by atoms with E-state index in [9.17, 15) is 9.59 Å². The summed E-state index contributed by atoms with van der Waals surface area (Å²) < 4.78 is 9.40. The number of nitrogens with zero attached hydrogens (tertiary/aromatic N) is 4. The van der Waals surface area contributed by atoms with Crippen molar-refractivity contribution in [2.75, 3.05) is 25.1 Å². The van der Waals surface area contributed by atoms with Crippen molar-refractivity contribution in [3.63, 3.8) is 0 Å². The molecule has 0 aliphatic carbocycles. The average molecular weight is 483 g/mol. The van der Waals surface area contributed by atoms with Crippen LogP contribution in [0.2, 0.25) is 0 Å². The van der Waals surface area contributed by atoms with Crippen molar-refractivity contribution in [3.8, 4) is 0 Å². The van der Waals surface area contributed by atoms with Crippen LogP contribution in [0.25, 0.3) is 10.8 Å². The fourth-order valence-corrected chi connectivity index (χ4v) is 3.25. The molecule has 0 saturated carbocycles. The van der Waals surface area contributed by atoms with E-state index in [2.05, 4.69) is 31.3 Å². The molecule has 3 aromatic carbocycles. The monoisotopic (exact) mass is 482 g/mol. The van der Waals surface area contributed by atoms with E-state index in [1.165, 1.54) is 14.2 Å². The predicted molar refractivity (Wildman–Crippen MR) is 138 cm³/mol. The molecule has 0 spiro atoms. The standard InChI is InChI=1S/C26H22N6O4/c1-35-25(33)19-11-7-17(8-12-19)15-27-29-23-21-5-3-4-6-22(21)24(32-31-23)30-28-16-18-9-13-20(14-10-18)26(34)36-2/h3-16H,1-2H3,(H,29,31)(H,30,32)/b27-15-,28-16-. The molecule has 0 amide bonds. The molecule has 0 atom stereocenters. The number of nitrogens with one attached hydrogen (secondary N) is 2. The molecule has 2 N–H and O–H groups in total. The van der Waals surface area contributed by atoms with Crippen molar-refractivity contribution in [2.45, 2.75) is 0 Å². The Kier molecular flexibility index (Phi) is 7.57. The van der Waals surface area contributed by atoms with Crippen molar-refractivity contribution < 1.29 is 19.1 Å². The van der Waals surface area contributed by atoms with Gasteiger partial charge in [0.2, 0.25) is 0 Å². The summed E-state index contributed by atoms with van der Waals surface area (Å²) in [7, 11) is 2.68. The van der Waals surface area contributed by atoms with Gasteiger partial charge in [0.05, 0.1) is 37.8 Å². The Morgan fingerprint density at radius 3 is 1.42 bits per heavy atom. The largest absolute Gasteiger partial charge is 0.465 e. The smallest absolute Gasteiger partial charge is 0.337 e. The summed E-state index contributed by atoms with van der Waals surface area (Å²) in [6, 6.07) is 21.3. The number of benzene rings is 3. The number of carbonyl (C=O) groups is 2. The van der Waals surface area contributed by atoms with Gasteiger partial charge >= 0.3 is 11.9 Å². The Labute approximate surface area is 206 Å². The summed E-state index contributed by atoms with van der Waals surface area (Å²) in [5, 5.41) is 18.5. The highest BCUT2D eigenvalue weighted by Crippen LogP contribution is 2.25. The van der Waals surface area contributed by atoms with Gasteiger partial charge in [-0.25, -0.2) is 9.59 Å². The Balaban J connectivity index is 1.45. The van der Waals surface area contributed by atoms with Crippen molar-refractivity contribution in [3.05, 3.63) is 95.1 Å². The van der Waals surface area contributed by atoms with E-state index in [1.807, 2.05) is 24.3 Å². The number of aromatic nitrogens is 2.